The van der Waals surface area contributed by atoms with Crippen LogP contribution in [0.5, 0.6) is 17.2 Å². The van der Waals surface area contributed by atoms with Crippen LogP contribution in [0.4, 0.5) is 0 Å². The van der Waals surface area contributed by atoms with E-state index in [1.165, 1.54) is 0 Å². The third-order valence-corrected chi connectivity index (χ3v) is 4.84. The lowest BCUT2D eigenvalue weighted by atomic mass is 9.96. The fraction of sp³-hybridized carbons (Fsp3) is 0.227. The highest BCUT2D eigenvalue weighted by molar-refractivity contribution is 5.71. The Balaban J connectivity index is 1.73. The number of benzene rings is 2. The van der Waals surface area contributed by atoms with Crippen molar-refractivity contribution in [2.45, 2.75) is 19.6 Å². The lowest BCUT2D eigenvalue weighted by molar-refractivity contribution is 0.305. The van der Waals surface area contributed by atoms with Crippen LogP contribution in [0.15, 0.2) is 59.4 Å². The van der Waals surface area contributed by atoms with Crippen LogP contribution < -0.4 is 19.8 Å². The van der Waals surface area contributed by atoms with Gasteiger partial charge in [-0.05, 0) is 29.7 Å². The van der Waals surface area contributed by atoms with Gasteiger partial charge < -0.3 is 18.8 Å². The van der Waals surface area contributed by atoms with Crippen LogP contribution in [0.1, 0.15) is 11.1 Å². The Bertz CT molecular complexity index is 1020. The van der Waals surface area contributed by atoms with Gasteiger partial charge in [0.25, 0.3) is 5.56 Å². The topological polar surface area (TPSA) is 49.7 Å². The first kappa shape index (κ1) is 17.2. The Morgan fingerprint density at radius 1 is 0.963 bits per heavy atom. The van der Waals surface area contributed by atoms with Crippen molar-refractivity contribution in [1.82, 2.24) is 4.57 Å². The van der Waals surface area contributed by atoms with Crippen LogP contribution in [0.2, 0.25) is 0 Å². The molecule has 2 aromatic carbocycles. The molecule has 2 heterocycles. The predicted octanol–water partition coefficient (Wildman–Crippen LogP) is 3.67. The molecule has 4 rings (SSSR count). The van der Waals surface area contributed by atoms with E-state index in [1.54, 1.807) is 24.9 Å². The summed E-state index contributed by atoms with van der Waals surface area (Å²) in [6.45, 7) is 1.05. The first-order valence-electron chi connectivity index (χ1n) is 8.86. The minimum absolute atomic E-state index is 0.0593. The van der Waals surface area contributed by atoms with Gasteiger partial charge >= 0.3 is 0 Å². The molecule has 0 saturated heterocycles. The molecule has 1 aromatic heterocycles. The highest BCUT2D eigenvalue weighted by Crippen LogP contribution is 2.38. The summed E-state index contributed by atoms with van der Waals surface area (Å²) in [5, 5.41) is 0. The Labute approximate surface area is 157 Å². The summed E-state index contributed by atoms with van der Waals surface area (Å²) in [4.78, 5) is 12.6. The molecule has 0 saturated carbocycles. The number of ether oxygens (including phenoxy) is 3. The molecule has 0 amide bonds. The molecule has 0 radical (unpaired) electrons. The van der Waals surface area contributed by atoms with Crippen molar-refractivity contribution >= 4 is 0 Å². The second-order valence-corrected chi connectivity index (χ2v) is 6.45. The second kappa shape index (κ2) is 7.19. The summed E-state index contributed by atoms with van der Waals surface area (Å²) < 4.78 is 18.5. The van der Waals surface area contributed by atoms with Gasteiger partial charge in [0.05, 0.1) is 19.9 Å². The van der Waals surface area contributed by atoms with Gasteiger partial charge in [0, 0.05) is 24.2 Å². The molecule has 1 aliphatic rings. The zero-order valence-corrected chi connectivity index (χ0v) is 15.4. The number of rotatable bonds is 5. The zero-order valence-electron chi connectivity index (χ0n) is 15.4. The fourth-order valence-corrected chi connectivity index (χ4v) is 3.45. The standard InChI is InChI=1S/C22H21NO4/c1-25-20-10-16-8-9-23-19(18(16)13-21(20)26-2)11-17(12-22(23)24)27-14-15-6-4-3-5-7-15/h3-7,10-13H,8-9,14H2,1-2H3. The minimum atomic E-state index is -0.0593. The quantitative estimate of drug-likeness (QED) is 0.694. The highest BCUT2D eigenvalue weighted by Gasteiger charge is 2.21. The van der Waals surface area contributed by atoms with Crippen molar-refractivity contribution in [2.75, 3.05) is 14.2 Å². The van der Waals surface area contributed by atoms with Crippen molar-refractivity contribution in [3.63, 3.8) is 0 Å². The molecule has 5 nitrogen and oxygen atoms in total. The molecule has 0 unspecified atom stereocenters. The van der Waals surface area contributed by atoms with Gasteiger partial charge in [0.15, 0.2) is 11.5 Å². The fourth-order valence-electron chi connectivity index (χ4n) is 3.45. The van der Waals surface area contributed by atoms with Gasteiger partial charge in [-0.2, -0.15) is 0 Å². The van der Waals surface area contributed by atoms with Crippen molar-refractivity contribution in [3.05, 3.63) is 76.1 Å². The van der Waals surface area contributed by atoms with Crippen LogP contribution in [-0.4, -0.2) is 18.8 Å². The minimum Gasteiger partial charge on any atom is -0.493 e. The lowest BCUT2D eigenvalue weighted by Gasteiger charge is -2.24. The van der Waals surface area contributed by atoms with E-state index in [2.05, 4.69) is 0 Å². The average Bonchev–Trinajstić information content (AvgIpc) is 2.71. The average molecular weight is 363 g/mol. The molecular formula is C22H21NO4. The van der Waals surface area contributed by atoms with Crippen LogP contribution in [0.3, 0.4) is 0 Å². The number of pyridine rings is 1. The Hall–Kier alpha value is -3.21. The number of aryl methyl sites for hydroxylation is 1. The highest BCUT2D eigenvalue weighted by atomic mass is 16.5. The van der Waals surface area contributed by atoms with E-state index in [4.69, 9.17) is 14.2 Å². The summed E-state index contributed by atoms with van der Waals surface area (Å²) in [6, 6.07) is 17.3. The van der Waals surface area contributed by atoms with E-state index < -0.39 is 0 Å². The summed E-state index contributed by atoms with van der Waals surface area (Å²) in [5.74, 6) is 1.91. The number of nitrogens with zero attached hydrogens (tertiary/aromatic N) is 1. The molecule has 0 fully saturated rings. The monoisotopic (exact) mass is 363 g/mol. The Morgan fingerprint density at radius 2 is 1.70 bits per heavy atom. The molecule has 0 bridgehead atoms. The third-order valence-electron chi connectivity index (χ3n) is 4.84. The van der Waals surface area contributed by atoms with Crippen molar-refractivity contribution in [2.24, 2.45) is 0 Å². The normalized spacial score (nSPS) is 12.1. The van der Waals surface area contributed by atoms with Gasteiger partial charge in [-0.25, -0.2) is 0 Å². The zero-order chi connectivity index (χ0) is 18.8. The van der Waals surface area contributed by atoms with E-state index in [1.807, 2.05) is 48.5 Å². The Morgan fingerprint density at radius 3 is 2.44 bits per heavy atom. The molecule has 0 aliphatic carbocycles. The van der Waals surface area contributed by atoms with Crippen molar-refractivity contribution in [1.29, 1.82) is 0 Å². The molecule has 0 spiro atoms. The van der Waals surface area contributed by atoms with Crippen LogP contribution >= 0.6 is 0 Å². The van der Waals surface area contributed by atoms with E-state index >= 15 is 0 Å². The molecule has 3 aromatic rings. The first-order chi connectivity index (χ1) is 13.2. The second-order valence-electron chi connectivity index (χ2n) is 6.45. The maximum atomic E-state index is 12.6. The smallest absolute Gasteiger partial charge is 0.254 e. The van der Waals surface area contributed by atoms with Gasteiger partial charge in [0.2, 0.25) is 0 Å². The maximum Gasteiger partial charge on any atom is 0.254 e. The largest absolute Gasteiger partial charge is 0.493 e. The summed E-state index contributed by atoms with van der Waals surface area (Å²) in [7, 11) is 3.24. The summed E-state index contributed by atoms with van der Waals surface area (Å²) in [6.07, 6.45) is 0.771. The number of fused-ring (bicyclic) bond motifs is 3. The number of aromatic nitrogens is 1. The van der Waals surface area contributed by atoms with E-state index in [-0.39, 0.29) is 5.56 Å². The molecule has 0 atom stereocenters. The van der Waals surface area contributed by atoms with Gasteiger partial charge in [-0.3, -0.25) is 4.79 Å². The molecule has 27 heavy (non-hydrogen) atoms. The van der Waals surface area contributed by atoms with E-state index in [0.717, 1.165) is 28.8 Å². The number of hydrogen-bond acceptors (Lipinski definition) is 4. The van der Waals surface area contributed by atoms with Crippen molar-refractivity contribution in [3.8, 4) is 28.5 Å². The molecular weight excluding hydrogens is 342 g/mol. The Kier molecular flexibility index (Phi) is 4.59. The van der Waals surface area contributed by atoms with Crippen LogP contribution in [0.25, 0.3) is 11.3 Å². The van der Waals surface area contributed by atoms with E-state index in [9.17, 15) is 4.79 Å². The first-order valence-corrected chi connectivity index (χ1v) is 8.86. The lowest BCUT2D eigenvalue weighted by Crippen LogP contribution is -2.25. The molecule has 5 heteroatoms. The van der Waals surface area contributed by atoms with Crippen LogP contribution in [-0.2, 0) is 19.6 Å². The van der Waals surface area contributed by atoms with Gasteiger partial charge in [-0.15, -0.1) is 0 Å². The predicted molar refractivity (Wildman–Crippen MR) is 104 cm³/mol. The van der Waals surface area contributed by atoms with E-state index in [0.29, 0.717) is 30.4 Å². The molecule has 138 valence electrons. The maximum absolute atomic E-state index is 12.6. The van der Waals surface area contributed by atoms with Gasteiger partial charge in [-0.1, -0.05) is 30.3 Å². The number of hydrogen-bond donors (Lipinski definition) is 0. The summed E-state index contributed by atoms with van der Waals surface area (Å²) in [5.41, 5.74) is 3.94. The van der Waals surface area contributed by atoms with Gasteiger partial charge in [0.1, 0.15) is 12.4 Å². The third kappa shape index (κ3) is 3.28. The number of methoxy groups -OCH3 is 2. The van der Waals surface area contributed by atoms with Crippen LogP contribution in [0, 0.1) is 0 Å². The molecule has 1 aliphatic heterocycles. The summed E-state index contributed by atoms with van der Waals surface area (Å²) >= 11 is 0. The van der Waals surface area contributed by atoms with Crippen molar-refractivity contribution < 1.29 is 14.2 Å². The molecule has 0 N–H and O–H groups in total. The SMILES string of the molecule is COc1cc2c(cc1OC)-c1cc(OCc3ccccc3)cc(=O)n1CC2.